The van der Waals surface area contributed by atoms with Gasteiger partial charge in [-0.05, 0) is 31.5 Å². The molecule has 0 aliphatic heterocycles. The Labute approximate surface area is 116 Å². The van der Waals surface area contributed by atoms with Crippen LogP contribution in [-0.4, -0.2) is 19.8 Å². The van der Waals surface area contributed by atoms with E-state index in [9.17, 15) is 0 Å². The summed E-state index contributed by atoms with van der Waals surface area (Å²) in [6, 6.07) is 6.02. The summed E-state index contributed by atoms with van der Waals surface area (Å²) in [4.78, 5) is 0. The van der Waals surface area contributed by atoms with Gasteiger partial charge in [-0.2, -0.15) is 0 Å². The number of halogens is 1. The minimum absolute atomic E-state index is 0. The van der Waals surface area contributed by atoms with E-state index in [0.717, 1.165) is 24.6 Å². The van der Waals surface area contributed by atoms with Gasteiger partial charge in [-0.1, -0.05) is 12.1 Å². The summed E-state index contributed by atoms with van der Waals surface area (Å²) in [7, 11) is 0. The Hall–Kier alpha value is -1.19. The van der Waals surface area contributed by atoms with Crippen molar-refractivity contribution in [2.45, 2.75) is 20.4 Å². The monoisotopic (exact) mass is 271 g/mol. The van der Waals surface area contributed by atoms with E-state index in [4.69, 9.17) is 9.47 Å². The first-order valence-electron chi connectivity index (χ1n) is 6.02. The van der Waals surface area contributed by atoms with E-state index in [1.807, 2.05) is 38.1 Å². The lowest BCUT2D eigenvalue weighted by Crippen LogP contribution is -2.12. The fourth-order valence-electron chi connectivity index (χ4n) is 1.52. The van der Waals surface area contributed by atoms with Gasteiger partial charge in [-0.25, -0.2) is 0 Å². The molecule has 1 rings (SSSR count). The highest BCUT2D eigenvalue weighted by molar-refractivity contribution is 5.85. The average molecular weight is 272 g/mol. The molecule has 0 aliphatic rings. The fraction of sp³-hybridized carbons (Fsp3) is 0.429. The second-order valence-electron chi connectivity index (χ2n) is 3.57. The highest BCUT2D eigenvalue weighted by atomic mass is 35.5. The molecule has 0 heterocycles. The zero-order chi connectivity index (χ0) is 12.5. The van der Waals surface area contributed by atoms with Crippen molar-refractivity contribution in [2.24, 2.45) is 0 Å². The Morgan fingerprint density at radius 2 is 1.83 bits per heavy atom. The minimum Gasteiger partial charge on any atom is -0.490 e. The molecule has 0 radical (unpaired) electrons. The van der Waals surface area contributed by atoms with E-state index in [-0.39, 0.29) is 12.4 Å². The van der Waals surface area contributed by atoms with Crippen LogP contribution in [0, 0.1) is 0 Å². The molecule has 0 saturated heterocycles. The molecule has 0 bridgehead atoms. The first-order chi connectivity index (χ1) is 8.31. The summed E-state index contributed by atoms with van der Waals surface area (Å²) in [5, 5.41) is 3.26. The summed E-state index contributed by atoms with van der Waals surface area (Å²) in [5.74, 6) is 1.62. The topological polar surface area (TPSA) is 30.5 Å². The first-order valence-corrected chi connectivity index (χ1v) is 6.02. The first kappa shape index (κ1) is 16.8. The van der Waals surface area contributed by atoms with Gasteiger partial charge in [0.1, 0.15) is 0 Å². The van der Waals surface area contributed by atoms with Crippen LogP contribution >= 0.6 is 12.4 Å². The van der Waals surface area contributed by atoms with Crippen molar-refractivity contribution < 1.29 is 9.47 Å². The third-order valence-corrected chi connectivity index (χ3v) is 2.23. The summed E-state index contributed by atoms with van der Waals surface area (Å²) < 4.78 is 11.1. The second kappa shape index (κ2) is 9.80. The molecule has 1 aromatic rings. The van der Waals surface area contributed by atoms with Crippen LogP contribution in [-0.2, 0) is 6.54 Å². The summed E-state index contributed by atoms with van der Waals surface area (Å²) in [6.45, 7) is 10.5. The van der Waals surface area contributed by atoms with Crippen molar-refractivity contribution >= 4 is 12.4 Å². The van der Waals surface area contributed by atoms with Gasteiger partial charge in [-0.3, -0.25) is 0 Å². The number of hydrogen-bond donors (Lipinski definition) is 1. The molecule has 0 unspecified atom stereocenters. The van der Waals surface area contributed by atoms with E-state index >= 15 is 0 Å². The molecule has 4 heteroatoms. The highest BCUT2D eigenvalue weighted by Crippen LogP contribution is 2.28. The summed E-state index contributed by atoms with van der Waals surface area (Å²) >= 11 is 0. The van der Waals surface area contributed by atoms with Crippen LogP contribution in [0.3, 0.4) is 0 Å². The number of hydrogen-bond acceptors (Lipinski definition) is 3. The van der Waals surface area contributed by atoms with E-state index < -0.39 is 0 Å². The highest BCUT2D eigenvalue weighted by Gasteiger charge is 2.05. The van der Waals surface area contributed by atoms with Crippen LogP contribution in [0.1, 0.15) is 19.4 Å². The van der Waals surface area contributed by atoms with Gasteiger partial charge in [0.25, 0.3) is 0 Å². The van der Waals surface area contributed by atoms with E-state index in [1.54, 1.807) is 0 Å². The summed E-state index contributed by atoms with van der Waals surface area (Å²) in [5.41, 5.74) is 1.18. The molecule has 0 spiro atoms. The maximum Gasteiger partial charge on any atom is 0.161 e. The molecule has 0 fully saturated rings. The zero-order valence-electron chi connectivity index (χ0n) is 11.1. The van der Waals surface area contributed by atoms with Crippen molar-refractivity contribution in [1.82, 2.24) is 5.32 Å². The molecule has 0 aliphatic carbocycles. The Morgan fingerprint density at radius 3 is 2.44 bits per heavy atom. The maximum absolute atomic E-state index is 5.56. The average Bonchev–Trinajstić information content (AvgIpc) is 2.33. The minimum atomic E-state index is 0. The van der Waals surface area contributed by atoms with Crippen molar-refractivity contribution in [3.8, 4) is 11.5 Å². The molecule has 0 saturated carbocycles. The van der Waals surface area contributed by atoms with Gasteiger partial charge in [0.15, 0.2) is 11.5 Å². The van der Waals surface area contributed by atoms with Crippen LogP contribution in [0.5, 0.6) is 11.5 Å². The third-order valence-electron chi connectivity index (χ3n) is 2.23. The molecule has 18 heavy (non-hydrogen) atoms. The molecule has 0 aromatic heterocycles. The van der Waals surface area contributed by atoms with Crippen LogP contribution in [0.2, 0.25) is 0 Å². The number of rotatable bonds is 8. The molecule has 0 atom stereocenters. The Balaban J connectivity index is 0.00000289. The molecule has 1 N–H and O–H groups in total. The lowest BCUT2D eigenvalue weighted by molar-refractivity contribution is 0.287. The van der Waals surface area contributed by atoms with Crippen molar-refractivity contribution in [1.29, 1.82) is 0 Å². The largest absolute Gasteiger partial charge is 0.490 e. The lowest BCUT2D eigenvalue weighted by atomic mass is 10.2. The number of nitrogens with one attached hydrogen (secondary N) is 1. The summed E-state index contributed by atoms with van der Waals surface area (Å²) in [6.07, 6.45) is 1.85. The molecule has 3 nitrogen and oxygen atoms in total. The van der Waals surface area contributed by atoms with E-state index in [2.05, 4.69) is 11.9 Å². The van der Waals surface area contributed by atoms with Gasteiger partial charge in [-0.15, -0.1) is 19.0 Å². The quantitative estimate of drug-likeness (QED) is 0.582. The zero-order valence-corrected chi connectivity index (χ0v) is 11.9. The van der Waals surface area contributed by atoms with Gasteiger partial charge < -0.3 is 14.8 Å². The third kappa shape index (κ3) is 5.43. The Morgan fingerprint density at radius 1 is 1.17 bits per heavy atom. The van der Waals surface area contributed by atoms with Crippen molar-refractivity contribution in [3.63, 3.8) is 0 Å². The Bertz CT molecular complexity index is 356. The van der Waals surface area contributed by atoms with Gasteiger partial charge in [0, 0.05) is 13.1 Å². The molecular formula is C14H22ClNO2. The van der Waals surface area contributed by atoms with Gasteiger partial charge in [0.05, 0.1) is 13.2 Å². The second-order valence-corrected chi connectivity index (χ2v) is 3.57. The lowest BCUT2D eigenvalue weighted by Gasteiger charge is -2.12. The smallest absolute Gasteiger partial charge is 0.161 e. The predicted molar refractivity (Wildman–Crippen MR) is 77.9 cm³/mol. The SMILES string of the molecule is C=CCNCc1ccc(OCC)c(OCC)c1.Cl. The molecule has 1 aromatic carbocycles. The van der Waals surface area contributed by atoms with Gasteiger partial charge in [0.2, 0.25) is 0 Å². The standard InChI is InChI=1S/C14H21NO2.ClH/c1-4-9-15-11-12-7-8-13(16-5-2)14(10-12)17-6-3;/h4,7-8,10,15H,1,5-6,9,11H2,2-3H3;1H. The van der Waals surface area contributed by atoms with Crippen molar-refractivity contribution in [3.05, 3.63) is 36.4 Å². The van der Waals surface area contributed by atoms with Crippen LogP contribution in [0.15, 0.2) is 30.9 Å². The number of benzene rings is 1. The predicted octanol–water partition coefficient (Wildman–Crippen LogP) is 3.18. The van der Waals surface area contributed by atoms with Gasteiger partial charge >= 0.3 is 0 Å². The molecular weight excluding hydrogens is 250 g/mol. The fourth-order valence-corrected chi connectivity index (χ4v) is 1.52. The van der Waals surface area contributed by atoms with E-state index in [1.165, 1.54) is 5.56 Å². The molecule has 102 valence electrons. The normalized spacial score (nSPS) is 9.44. The number of ether oxygens (including phenoxy) is 2. The van der Waals surface area contributed by atoms with Crippen LogP contribution in [0.4, 0.5) is 0 Å². The van der Waals surface area contributed by atoms with E-state index in [0.29, 0.717) is 13.2 Å². The molecule has 0 amide bonds. The maximum atomic E-state index is 5.56. The Kier molecular flexibility index (Phi) is 9.15. The van der Waals surface area contributed by atoms with Crippen molar-refractivity contribution in [2.75, 3.05) is 19.8 Å². The van der Waals surface area contributed by atoms with Crippen LogP contribution < -0.4 is 14.8 Å². The van der Waals surface area contributed by atoms with Crippen LogP contribution in [0.25, 0.3) is 0 Å².